The van der Waals surface area contributed by atoms with E-state index in [9.17, 15) is 4.79 Å². The molecule has 2 atom stereocenters. The van der Waals surface area contributed by atoms with Crippen LogP contribution in [0.2, 0.25) is 0 Å². The molecule has 5 heteroatoms. The largest absolute Gasteiger partial charge is 0.497 e. The van der Waals surface area contributed by atoms with Crippen LogP contribution in [0.25, 0.3) is 0 Å². The molecule has 0 saturated heterocycles. The van der Waals surface area contributed by atoms with E-state index in [1.807, 2.05) is 25.1 Å². The third-order valence-electron chi connectivity index (χ3n) is 3.47. The van der Waals surface area contributed by atoms with Gasteiger partial charge in [0.2, 0.25) is 5.91 Å². The summed E-state index contributed by atoms with van der Waals surface area (Å²) in [4.78, 5) is 12.1. The van der Waals surface area contributed by atoms with Crippen LogP contribution in [0.5, 0.6) is 11.5 Å². The number of ether oxygens (including phenoxy) is 2. The molecule has 1 rings (SSSR count). The summed E-state index contributed by atoms with van der Waals surface area (Å²) in [5.74, 6) is 1.30. The number of hydrogen-bond donors (Lipinski definition) is 2. The Bertz CT molecular complexity index is 463. The quantitative estimate of drug-likeness (QED) is 0.772. The molecule has 21 heavy (non-hydrogen) atoms. The van der Waals surface area contributed by atoms with Crippen LogP contribution in [0, 0.1) is 0 Å². The SMILES string of the molecule is CCCCC(N)C(=O)NC(C)c1cc(OC)ccc1OC. The average molecular weight is 294 g/mol. The minimum atomic E-state index is -0.469. The first-order valence-corrected chi connectivity index (χ1v) is 7.31. The van der Waals surface area contributed by atoms with E-state index < -0.39 is 6.04 Å². The fourth-order valence-electron chi connectivity index (χ4n) is 2.13. The number of benzene rings is 1. The first-order chi connectivity index (χ1) is 10.0. The second kappa shape index (κ2) is 8.52. The van der Waals surface area contributed by atoms with E-state index in [0.29, 0.717) is 12.2 Å². The highest BCUT2D eigenvalue weighted by Gasteiger charge is 2.19. The predicted molar refractivity (Wildman–Crippen MR) is 83.6 cm³/mol. The van der Waals surface area contributed by atoms with Crippen molar-refractivity contribution in [2.45, 2.75) is 45.2 Å². The molecule has 0 aliphatic rings. The number of nitrogens with one attached hydrogen (secondary N) is 1. The Morgan fingerprint density at radius 2 is 2.05 bits per heavy atom. The molecule has 1 aromatic carbocycles. The Morgan fingerprint density at radius 3 is 2.62 bits per heavy atom. The Labute approximate surface area is 126 Å². The van der Waals surface area contributed by atoms with Gasteiger partial charge in [0.1, 0.15) is 11.5 Å². The lowest BCUT2D eigenvalue weighted by Crippen LogP contribution is -2.41. The molecule has 0 aliphatic heterocycles. The van der Waals surface area contributed by atoms with Crippen LogP contribution in [-0.2, 0) is 4.79 Å². The Kier molecular flexibility index (Phi) is 7.02. The van der Waals surface area contributed by atoms with Crippen LogP contribution in [0.3, 0.4) is 0 Å². The van der Waals surface area contributed by atoms with E-state index in [-0.39, 0.29) is 11.9 Å². The van der Waals surface area contributed by atoms with Crippen molar-refractivity contribution in [1.82, 2.24) is 5.32 Å². The fraction of sp³-hybridized carbons (Fsp3) is 0.562. The highest BCUT2D eigenvalue weighted by molar-refractivity contribution is 5.81. The third-order valence-corrected chi connectivity index (χ3v) is 3.47. The number of hydrogen-bond acceptors (Lipinski definition) is 4. The van der Waals surface area contributed by atoms with Gasteiger partial charge in [0.15, 0.2) is 0 Å². The number of rotatable bonds is 8. The molecular weight excluding hydrogens is 268 g/mol. The van der Waals surface area contributed by atoms with Crippen molar-refractivity contribution in [3.8, 4) is 11.5 Å². The van der Waals surface area contributed by atoms with E-state index in [1.165, 1.54) is 0 Å². The van der Waals surface area contributed by atoms with Gasteiger partial charge in [0.25, 0.3) is 0 Å². The van der Waals surface area contributed by atoms with E-state index in [2.05, 4.69) is 12.2 Å². The standard InChI is InChI=1S/C16H26N2O3/c1-5-6-7-14(17)16(19)18-11(2)13-10-12(20-3)8-9-15(13)21-4/h8-11,14H,5-7,17H2,1-4H3,(H,18,19). The van der Waals surface area contributed by atoms with E-state index in [0.717, 1.165) is 24.2 Å². The molecular formula is C16H26N2O3. The summed E-state index contributed by atoms with van der Waals surface area (Å²) in [5, 5.41) is 2.93. The van der Waals surface area contributed by atoms with Gasteiger partial charge in [-0.2, -0.15) is 0 Å². The van der Waals surface area contributed by atoms with Gasteiger partial charge in [-0.15, -0.1) is 0 Å². The molecule has 2 unspecified atom stereocenters. The molecule has 1 amide bonds. The zero-order valence-electron chi connectivity index (χ0n) is 13.3. The highest BCUT2D eigenvalue weighted by atomic mass is 16.5. The second-order valence-corrected chi connectivity index (χ2v) is 5.09. The zero-order valence-corrected chi connectivity index (χ0v) is 13.3. The lowest BCUT2D eigenvalue weighted by molar-refractivity contribution is -0.123. The fourth-order valence-corrected chi connectivity index (χ4v) is 2.13. The molecule has 0 heterocycles. The molecule has 0 bridgehead atoms. The number of carbonyl (C=O) groups excluding carboxylic acids is 1. The van der Waals surface area contributed by atoms with Crippen molar-refractivity contribution in [3.63, 3.8) is 0 Å². The first-order valence-electron chi connectivity index (χ1n) is 7.31. The molecule has 0 aliphatic carbocycles. The van der Waals surface area contributed by atoms with Crippen LogP contribution in [0.4, 0.5) is 0 Å². The van der Waals surface area contributed by atoms with Gasteiger partial charge in [0.05, 0.1) is 26.3 Å². The molecule has 0 fully saturated rings. The van der Waals surface area contributed by atoms with Gasteiger partial charge < -0.3 is 20.5 Å². The summed E-state index contributed by atoms with van der Waals surface area (Å²) in [6.45, 7) is 3.98. The molecule has 0 aromatic heterocycles. The normalized spacial score (nSPS) is 13.4. The van der Waals surface area contributed by atoms with Gasteiger partial charge in [0, 0.05) is 5.56 Å². The monoisotopic (exact) mass is 294 g/mol. The lowest BCUT2D eigenvalue weighted by atomic mass is 10.0. The van der Waals surface area contributed by atoms with E-state index in [1.54, 1.807) is 14.2 Å². The van der Waals surface area contributed by atoms with Crippen molar-refractivity contribution < 1.29 is 14.3 Å². The smallest absolute Gasteiger partial charge is 0.237 e. The van der Waals surface area contributed by atoms with Crippen LogP contribution in [-0.4, -0.2) is 26.2 Å². The van der Waals surface area contributed by atoms with E-state index in [4.69, 9.17) is 15.2 Å². The third kappa shape index (κ3) is 4.93. The average Bonchev–Trinajstić information content (AvgIpc) is 2.51. The predicted octanol–water partition coefficient (Wildman–Crippen LogP) is 2.40. The zero-order chi connectivity index (χ0) is 15.8. The maximum absolute atomic E-state index is 12.1. The Morgan fingerprint density at radius 1 is 1.33 bits per heavy atom. The maximum atomic E-state index is 12.1. The van der Waals surface area contributed by atoms with Crippen LogP contribution < -0.4 is 20.5 Å². The Hall–Kier alpha value is -1.75. The van der Waals surface area contributed by atoms with Gasteiger partial charge in [-0.1, -0.05) is 19.8 Å². The molecule has 5 nitrogen and oxygen atoms in total. The van der Waals surface area contributed by atoms with Gasteiger partial charge >= 0.3 is 0 Å². The minimum Gasteiger partial charge on any atom is -0.497 e. The summed E-state index contributed by atoms with van der Waals surface area (Å²) in [5.41, 5.74) is 6.76. The second-order valence-electron chi connectivity index (χ2n) is 5.09. The molecule has 118 valence electrons. The number of amides is 1. The van der Waals surface area contributed by atoms with Gasteiger partial charge in [-0.3, -0.25) is 4.79 Å². The van der Waals surface area contributed by atoms with Crippen molar-refractivity contribution in [2.24, 2.45) is 5.73 Å². The summed E-state index contributed by atoms with van der Waals surface area (Å²) >= 11 is 0. The van der Waals surface area contributed by atoms with Crippen molar-refractivity contribution >= 4 is 5.91 Å². The van der Waals surface area contributed by atoms with Crippen molar-refractivity contribution in [3.05, 3.63) is 23.8 Å². The van der Waals surface area contributed by atoms with Crippen molar-refractivity contribution in [1.29, 1.82) is 0 Å². The van der Waals surface area contributed by atoms with Crippen LogP contribution in [0.15, 0.2) is 18.2 Å². The van der Waals surface area contributed by atoms with E-state index >= 15 is 0 Å². The molecule has 1 aromatic rings. The van der Waals surface area contributed by atoms with Crippen molar-refractivity contribution in [2.75, 3.05) is 14.2 Å². The number of methoxy groups -OCH3 is 2. The number of unbranched alkanes of at least 4 members (excludes halogenated alkanes) is 1. The molecule has 0 spiro atoms. The molecule has 0 saturated carbocycles. The minimum absolute atomic E-state index is 0.138. The molecule has 3 N–H and O–H groups in total. The number of carbonyl (C=O) groups is 1. The summed E-state index contributed by atoms with van der Waals surface area (Å²) in [6, 6.07) is 4.85. The van der Waals surface area contributed by atoms with Gasteiger partial charge in [-0.05, 0) is 31.5 Å². The summed E-state index contributed by atoms with van der Waals surface area (Å²) < 4.78 is 10.6. The topological polar surface area (TPSA) is 73.6 Å². The summed E-state index contributed by atoms with van der Waals surface area (Å²) in [7, 11) is 3.21. The van der Waals surface area contributed by atoms with Crippen LogP contribution >= 0.6 is 0 Å². The van der Waals surface area contributed by atoms with Crippen LogP contribution in [0.1, 0.15) is 44.7 Å². The van der Waals surface area contributed by atoms with Gasteiger partial charge in [-0.25, -0.2) is 0 Å². The first kappa shape index (κ1) is 17.3. The Balaban J connectivity index is 2.78. The maximum Gasteiger partial charge on any atom is 0.237 e. The number of nitrogens with two attached hydrogens (primary N) is 1. The molecule has 0 radical (unpaired) electrons. The lowest BCUT2D eigenvalue weighted by Gasteiger charge is -2.20. The summed E-state index contributed by atoms with van der Waals surface area (Å²) in [6.07, 6.45) is 2.68. The highest BCUT2D eigenvalue weighted by Crippen LogP contribution is 2.29.